The molecule has 0 saturated heterocycles. The van der Waals surface area contributed by atoms with E-state index in [0.29, 0.717) is 19.4 Å². The van der Waals surface area contributed by atoms with Crippen LogP contribution in [0.2, 0.25) is 0 Å². The maximum atomic E-state index is 12.8. The molecule has 5 nitrogen and oxygen atoms in total. The van der Waals surface area contributed by atoms with Gasteiger partial charge in [0, 0.05) is 13.0 Å². The maximum Gasteiger partial charge on any atom is 0.325 e. The summed E-state index contributed by atoms with van der Waals surface area (Å²) < 4.78 is 10.1. The molecule has 0 spiro atoms. The topological polar surface area (TPSA) is 55.8 Å². The minimum absolute atomic E-state index is 0.0599. The number of hydrogen-bond donors (Lipinski definition) is 0. The first-order chi connectivity index (χ1) is 12.5. The van der Waals surface area contributed by atoms with Crippen LogP contribution in [0.15, 0.2) is 48.5 Å². The molecule has 2 aromatic rings. The van der Waals surface area contributed by atoms with Crippen LogP contribution in [0.5, 0.6) is 5.75 Å². The summed E-state index contributed by atoms with van der Waals surface area (Å²) in [4.78, 5) is 26.0. The number of ether oxygens (including phenoxy) is 2. The fourth-order valence-electron chi connectivity index (χ4n) is 2.75. The number of esters is 1. The number of amides is 1. The molecule has 0 heterocycles. The van der Waals surface area contributed by atoms with Crippen molar-refractivity contribution < 1.29 is 19.1 Å². The standard InChI is InChI=1S/C21H25NO4/c1-16-8-4-5-10-18(16)14-22(15-21(24)26-3)20(23)13-12-17-9-6-7-11-19(17)25-2/h4-11H,12-15H2,1-3H3. The van der Waals surface area contributed by atoms with Gasteiger partial charge in [-0.3, -0.25) is 9.59 Å². The lowest BCUT2D eigenvalue weighted by Crippen LogP contribution is -2.36. The number of hydrogen-bond acceptors (Lipinski definition) is 4. The summed E-state index contributed by atoms with van der Waals surface area (Å²) in [7, 11) is 2.94. The van der Waals surface area contributed by atoms with Crippen LogP contribution in [-0.2, 0) is 27.3 Å². The van der Waals surface area contributed by atoms with Gasteiger partial charge in [-0.1, -0.05) is 42.5 Å². The predicted molar refractivity (Wildman–Crippen MR) is 99.9 cm³/mol. The minimum atomic E-state index is -0.427. The fraction of sp³-hybridized carbons (Fsp3) is 0.333. The van der Waals surface area contributed by atoms with Crippen molar-refractivity contribution in [3.05, 3.63) is 65.2 Å². The quantitative estimate of drug-likeness (QED) is 0.683. The zero-order chi connectivity index (χ0) is 18.9. The molecule has 0 bridgehead atoms. The van der Waals surface area contributed by atoms with Crippen molar-refractivity contribution in [3.8, 4) is 5.75 Å². The molecular weight excluding hydrogens is 330 g/mol. The summed E-state index contributed by atoms with van der Waals surface area (Å²) in [6, 6.07) is 15.5. The summed E-state index contributed by atoms with van der Waals surface area (Å²) in [6.07, 6.45) is 0.845. The van der Waals surface area contributed by atoms with Crippen molar-refractivity contribution in [1.82, 2.24) is 4.90 Å². The highest BCUT2D eigenvalue weighted by Crippen LogP contribution is 2.20. The Morgan fingerprint density at radius 1 is 0.962 bits per heavy atom. The molecule has 0 aromatic heterocycles. The van der Waals surface area contributed by atoms with Gasteiger partial charge in [0.25, 0.3) is 0 Å². The van der Waals surface area contributed by atoms with E-state index in [1.165, 1.54) is 7.11 Å². The van der Waals surface area contributed by atoms with Crippen LogP contribution in [0, 0.1) is 6.92 Å². The molecule has 0 radical (unpaired) electrons. The Bertz CT molecular complexity index is 757. The molecule has 0 aliphatic carbocycles. The Morgan fingerprint density at radius 2 is 1.62 bits per heavy atom. The van der Waals surface area contributed by atoms with Gasteiger partial charge in [0.05, 0.1) is 14.2 Å². The van der Waals surface area contributed by atoms with Crippen LogP contribution in [0.4, 0.5) is 0 Å². The monoisotopic (exact) mass is 355 g/mol. The highest BCUT2D eigenvalue weighted by Gasteiger charge is 2.19. The van der Waals surface area contributed by atoms with Crippen molar-refractivity contribution in [2.24, 2.45) is 0 Å². The molecule has 1 amide bonds. The molecule has 0 fully saturated rings. The van der Waals surface area contributed by atoms with Gasteiger partial charge in [-0.15, -0.1) is 0 Å². The number of para-hydroxylation sites is 1. The van der Waals surface area contributed by atoms with Crippen LogP contribution in [-0.4, -0.2) is 37.5 Å². The van der Waals surface area contributed by atoms with Crippen LogP contribution in [0.1, 0.15) is 23.1 Å². The Balaban J connectivity index is 2.09. The Morgan fingerprint density at radius 3 is 2.27 bits per heavy atom. The number of carbonyl (C=O) groups is 2. The van der Waals surface area contributed by atoms with E-state index in [4.69, 9.17) is 9.47 Å². The molecule has 0 aliphatic heterocycles. The van der Waals surface area contributed by atoms with Crippen LogP contribution in [0.25, 0.3) is 0 Å². The van der Waals surface area contributed by atoms with E-state index in [2.05, 4.69) is 0 Å². The van der Waals surface area contributed by atoms with Gasteiger partial charge >= 0.3 is 5.97 Å². The third-order valence-electron chi connectivity index (χ3n) is 4.32. The van der Waals surface area contributed by atoms with E-state index in [0.717, 1.165) is 22.4 Å². The van der Waals surface area contributed by atoms with Gasteiger partial charge in [0.15, 0.2) is 0 Å². The van der Waals surface area contributed by atoms with Crippen LogP contribution >= 0.6 is 0 Å². The molecule has 2 rings (SSSR count). The molecule has 0 atom stereocenters. The van der Waals surface area contributed by atoms with Crippen molar-refractivity contribution in [2.45, 2.75) is 26.3 Å². The van der Waals surface area contributed by atoms with Crippen molar-refractivity contribution in [1.29, 1.82) is 0 Å². The summed E-state index contributed by atoms with van der Waals surface area (Å²) in [5.74, 6) is 0.243. The molecule has 0 unspecified atom stereocenters. The van der Waals surface area contributed by atoms with E-state index < -0.39 is 5.97 Å². The predicted octanol–water partition coefficient (Wildman–Crippen LogP) is 3.14. The third kappa shape index (κ3) is 5.34. The first-order valence-electron chi connectivity index (χ1n) is 8.56. The van der Waals surface area contributed by atoms with Gasteiger partial charge < -0.3 is 14.4 Å². The zero-order valence-corrected chi connectivity index (χ0v) is 15.5. The first-order valence-corrected chi connectivity index (χ1v) is 8.56. The number of nitrogens with zero attached hydrogens (tertiary/aromatic N) is 1. The van der Waals surface area contributed by atoms with Gasteiger partial charge in [0.1, 0.15) is 12.3 Å². The fourth-order valence-corrected chi connectivity index (χ4v) is 2.75. The Labute approximate surface area is 154 Å². The maximum absolute atomic E-state index is 12.8. The smallest absolute Gasteiger partial charge is 0.325 e. The Hall–Kier alpha value is -2.82. The summed E-state index contributed by atoms with van der Waals surface area (Å²) in [5, 5.41) is 0. The second-order valence-corrected chi connectivity index (χ2v) is 6.06. The van der Waals surface area contributed by atoms with Crippen LogP contribution in [0.3, 0.4) is 0 Å². The van der Waals surface area contributed by atoms with E-state index in [-0.39, 0.29) is 12.5 Å². The van der Waals surface area contributed by atoms with Crippen molar-refractivity contribution in [3.63, 3.8) is 0 Å². The van der Waals surface area contributed by atoms with Gasteiger partial charge in [0.2, 0.25) is 5.91 Å². The minimum Gasteiger partial charge on any atom is -0.496 e. The lowest BCUT2D eigenvalue weighted by molar-refractivity contribution is -0.147. The molecule has 2 aromatic carbocycles. The highest BCUT2D eigenvalue weighted by molar-refractivity contribution is 5.82. The molecule has 26 heavy (non-hydrogen) atoms. The SMILES string of the molecule is COC(=O)CN(Cc1ccccc1C)C(=O)CCc1ccccc1OC. The lowest BCUT2D eigenvalue weighted by atomic mass is 10.1. The third-order valence-corrected chi connectivity index (χ3v) is 4.32. The average Bonchev–Trinajstić information content (AvgIpc) is 2.67. The van der Waals surface area contributed by atoms with E-state index in [1.54, 1.807) is 12.0 Å². The normalized spacial score (nSPS) is 10.3. The van der Waals surface area contributed by atoms with Gasteiger partial charge in [-0.25, -0.2) is 0 Å². The average molecular weight is 355 g/mol. The van der Waals surface area contributed by atoms with Gasteiger partial charge in [-0.2, -0.15) is 0 Å². The second-order valence-electron chi connectivity index (χ2n) is 6.06. The summed E-state index contributed by atoms with van der Waals surface area (Å²) >= 11 is 0. The van der Waals surface area contributed by atoms with E-state index in [9.17, 15) is 9.59 Å². The molecular formula is C21H25NO4. The van der Waals surface area contributed by atoms with Crippen molar-refractivity contribution >= 4 is 11.9 Å². The molecule has 5 heteroatoms. The number of benzene rings is 2. The zero-order valence-electron chi connectivity index (χ0n) is 15.5. The molecule has 0 aliphatic rings. The van der Waals surface area contributed by atoms with Crippen LogP contribution < -0.4 is 4.74 Å². The number of carbonyl (C=O) groups excluding carboxylic acids is 2. The highest BCUT2D eigenvalue weighted by atomic mass is 16.5. The Kier molecular flexibility index (Phi) is 7.21. The number of methoxy groups -OCH3 is 2. The van der Waals surface area contributed by atoms with Gasteiger partial charge in [-0.05, 0) is 36.1 Å². The number of aryl methyl sites for hydroxylation is 2. The largest absolute Gasteiger partial charge is 0.496 e. The molecule has 0 saturated carbocycles. The first kappa shape index (κ1) is 19.5. The summed E-state index contributed by atoms with van der Waals surface area (Å²) in [6.45, 7) is 2.31. The molecule has 138 valence electrons. The molecule has 0 N–H and O–H groups in total. The summed E-state index contributed by atoms with van der Waals surface area (Å²) in [5.41, 5.74) is 3.07. The van der Waals surface area contributed by atoms with E-state index in [1.807, 2.05) is 55.5 Å². The number of rotatable bonds is 8. The second kappa shape index (κ2) is 9.61. The van der Waals surface area contributed by atoms with Crippen molar-refractivity contribution in [2.75, 3.05) is 20.8 Å². The van der Waals surface area contributed by atoms with E-state index >= 15 is 0 Å². The lowest BCUT2D eigenvalue weighted by Gasteiger charge is -2.22.